The van der Waals surface area contributed by atoms with Crippen molar-refractivity contribution in [2.24, 2.45) is 13.0 Å². The van der Waals surface area contributed by atoms with Crippen molar-refractivity contribution >= 4 is 5.69 Å². The number of aryl methyl sites for hydroxylation is 1. The molecule has 4 aromatic carbocycles. The molecule has 1 heterocycles. The van der Waals surface area contributed by atoms with Gasteiger partial charge in [-0.15, -0.1) is 42.1 Å². The van der Waals surface area contributed by atoms with Crippen LogP contribution in [-0.4, -0.2) is 9.78 Å². The molecule has 1 aromatic heterocycles. The first kappa shape index (κ1) is 40.4. The van der Waals surface area contributed by atoms with Crippen molar-refractivity contribution in [2.75, 3.05) is 0 Å². The molecule has 0 amide bonds. The van der Waals surface area contributed by atoms with Gasteiger partial charge < -0.3 is 5.32 Å². The van der Waals surface area contributed by atoms with Crippen molar-refractivity contribution in [2.45, 2.75) is 65.8 Å². The Morgan fingerprint density at radius 2 is 0.978 bits per heavy atom. The monoisotopic (exact) mass is 689 g/mol. The second kappa shape index (κ2) is 22.0. The normalized spacial score (nSPS) is 10.7. The Bertz CT molecular complexity index is 1340. The SMILES string of the molecule is CC(C)CC([N-]c1c(C(C)C)cccc1C(C)C)c1ccn(C)n1.[CH2-]c1ccccc1.[CH2-]c1ccccc1.[CH2-]c1ccccc1.[Zr+4]. The third kappa shape index (κ3) is 15.6. The number of hydrogen-bond donors (Lipinski definition) is 0. The van der Waals surface area contributed by atoms with E-state index in [1.807, 2.05) is 109 Å². The zero-order valence-electron chi connectivity index (χ0n) is 29.0. The van der Waals surface area contributed by atoms with E-state index in [0.29, 0.717) is 17.8 Å². The molecule has 4 heteroatoms. The van der Waals surface area contributed by atoms with Gasteiger partial charge in [-0.1, -0.05) is 102 Å². The maximum absolute atomic E-state index is 5.25. The number of rotatable bonds is 7. The van der Waals surface area contributed by atoms with E-state index in [9.17, 15) is 0 Å². The van der Waals surface area contributed by atoms with Crippen LogP contribution in [0.3, 0.4) is 0 Å². The van der Waals surface area contributed by atoms with E-state index in [4.69, 9.17) is 5.32 Å². The molecule has 0 fully saturated rings. The van der Waals surface area contributed by atoms with E-state index in [1.54, 1.807) is 0 Å². The summed E-state index contributed by atoms with van der Waals surface area (Å²) in [5.74, 6) is 1.51. The van der Waals surface area contributed by atoms with Gasteiger partial charge in [-0.2, -0.15) is 79.0 Å². The molecule has 0 aliphatic rings. The first-order valence-corrected chi connectivity index (χ1v) is 15.9. The molecule has 0 saturated carbocycles. The number of hydrogen-bond acceptors (Lipinski definition) is 1. The maximum atomic E-state index is 5.25. The molecular weight excluding hydrogens is 638 g/mol. The second-order valence-corrected chi connectivity index (χ2v) is 12.2. The van der Waals surface area contributed by atoms with Crippen LogP contribution in [0.5, 0.6) is 0 Å². The zero-order chi connectivity index (χ0) is 33.2. The van der Waals surface area contributed by atoms with Crippen LogP contribution >= 0.6 is 0 Å². The van der Waals surface area contributed by atoms with Crippen molar-refractivity contribution in [3.8, 4) is 0 Å². The number of nitrogens with zero attached hydrogens (tertiary/aromatic N) is 3. The zero-order valence-corrected chi connectivity index (χ0v) is 31.5. The van der Waals surface area contributed by atoms with E-state index >= 15 is 0 Å². The van der Waals surface area contributed by atoms with Crippen molar-refractivity contribution in [3.05, 3.63) is 181 Å². The van der Waals surface area contributed by atoms with Crippen LogP contribution in [0.1, 0.15) is 99.4 Å². The van der Waals surface area contributed by atoms with Gasteiger partial charge in [0.2, 0.25) is 0 Å². The van der Waals surface area contributed by atoms with Gasteiger partial charge in [0.1, 0.15) is 0 Å². The largest absolute Gasteiger partial charge is 4.00 e. The molecule has 5 rings (SSSR count). The predicted molar refractivity (Wildman–Crippen MR) is 196 cm³/mol. The molecule has 0 bridgehead atoms. The average molecular weight is 691 g/mol. The molecule has 46 heavy (non-hydrogen) atoms. The minimum absolute atomic E-state index is 0. The first-order valence-electron chi connectivity index (χ1n) is 15.9. The second-order valence-electron chi connectivity index (χ2n) is 12.2. The quantitative estimate of drug-likeness (QED) is 0.156. The van der Waals surface area contributed by atoms with Gasteiger partial charge in [-0.05, 0) is 23.8 Å². The smallest absolute Gasteiger partial charge is 0.676 e. The summed E-state index contributed by atoms with van der Waals surface area (Å²) >= 11 is 0. The number of aromatic nitrogens is 2. The Hall–Kier alpha value is -3.62. The Labute approximate surface area is 300 Å². The van der Waals surface area contributed by atoms with Gasteiger partial charge in [0.15, 0.2) is 0 Å². The van der Waals surface area contributed by atoms with E-state index in [2.05, 4.69) is 91.7 Å². The van der Waals surface area contributed by atoms with Crippen molar-refractivity contribution in [1.82, 2.24) is 9.78 Å². The molecule has 0 saturated heterocycles. The van der Waals surface area contributed by atoms with Gasteiger partial charge >= 0.3 is 26.2 Å². The van der Waals surface area contributed by atoms with Gasteiger partial charge in [0.25, 0.3) is 0 Å². The van der Waals surface area contributed by atoms with Crippen LogP contribution in [0.4, 0.5) is 5.69 Å². The van der Waals surface area contributed by atoms with E-state index in [0.717, 1.165) is 28.8 Å². The third-order valence-corrected chi connectivity index (χ3v) is 6.93. The Balaban J connectivity index is 0.000000385. The van der Waals surface area contributed by atoms with Gasteiger partial charge in [-0.25, -0.2) is 0 Å². The minimum Gasteiger partial charge on any atom is -0.676 e. The molecule has 0 aliphatic heterocycles. The van der Waals surface area contributed by atoms with Crippen LogP contribution in [0.15, 0.2) is 121 Å². The molecule has 3 nitrogen and oxygen atoms in total. The third-order valence-electron chi connectivity index (χ3n) is 6.93. The van der Waals surface area contributed by atoms with Crippen molar-refractivity contribution in [3.63, 3.8) is 0 Å². The first-order chi connectivity index (χ1) is 21.5. The Morgan fingerprint density at radius 3 is 1.24 bits per heavy atom. The van der Waals surface area contributed by atoms with Crippen LogP contribution in [0, 0.1) is 26.7 Å². The van der Waals surface area contributed by atoms with Crippen LogP contribution in [0.2, 0.25) is 0 Å². The standard InChI is InChI=1S/C21H32N3.3C7H7.Zr/c1-14(2)13-20(19-11-12-24(7)23-19)22-21-17(15(3)4)9-8-10-18(21)16(5)6;3*1-7-5-3-2-4-6-7;/h8-12,14-16,20H,13H2,1-7H3;3*2-6H,1H2;/q4*-1;+4. The number of benzene rings is 4. The summed E-state index contributed by atoms with van der Waals surface area (Å²) < 4.78 is 1.87. The summed E-state index contributed by atoms with van der Waals surface area (Å²) in [6, 6.07) is 38.5. The van der Waals surface area contributed by atoms with E-state index in [1.165, 1.54) is 16.8 Å². The Kier molecular flexibility index (Phi) is 19.3. The van der Waals surface area contributed by atoms with Crippen molar-refractivity contribution in [1.29, 1.82) is 0 Å². The van der Waals surface area contributed by atoms with Gasteiger partial charge in [0.05, 0.1) is 0 Å². The molecule has 1 unspecified atom stereocenters. The fourth-order valence-corrected chi connectivity index (χ4v) is 4.55. The molecule has 5 aromatic rings. The molecule has 240 valence electrons. The summed E-state index contributed by atoms with van der Waals surface area (Å²) in [5.41, 5.74) is 8.14. The van der Waals surface area contributed by atoms with Gasteiger partial charge in [0, 0.05) is 18.9 Å². The van der Waals surface area contributed by atoms with Gasteiger partial charge in [-0.3, -0.25) is 4.68 Å². The molecule has 0 spiro atoms. The molecule has 0 aliphatic carbocycles. The topological polar surface area (TPSA) is 31.9 Å². The van der Waals surface area contributed by atoms with Crippen LogP contribution in [-0.2, 0) is 33.3 Å². The fraction of sp³-hybridized carbons (Fsp3) is 0.286. The van der Waals surface area contributed by atoms with E-state index in [-0.39, 0.29) is 32.2 Å². The molecule has 0 radical (unpaired) electrons. The molecular formula is C42H53N3Zr. The Morgan fingerprint density at radius 1 is 0.587 bits per heavy atom. The molecule has 1 atom stereocenters. The fourth-order valence-electron chi connectivity index (χ4n) is 4.55. The van der Waals surface area contributed by atoms with Crippen LogP contribution < -0.4 is 0 Å². The average Bonchev–Trinajstić information content (AvgIpc) is 3.45. The van der Waals surface area contributed by atoms with Crippen LogP contribution in [0.25, 0.3) is 5.32 Å². The maximum Gasteiger partial charge on any atom is 4.00 e. The summed E-state index contributed by atoms with van der Waals surface area (Å²) in [4.78, 5) is 0. The summed E-state index contributed by atoms with van der Waals surface area (Å²) in [7, 11) is 1.97. The van der Waals surface area contributed by atoms with E-state index < -0.39 is 0 Å². The van der Waals surface area contributed by atoms with Crippen molar-refractivity contribution < 1.29 is 26.2 Å². The molecule has 0 N–H and O–H groups in total. The minimum atomic E-state index is 0. The summed E-state index contributed by atoms with van der Waals surface area (Å²) in [6.45, 7) is 24.7. The summed E-state index contributed by atoms with van der Waals surface area (Å²) in [5, 5.41) is 9.88. The number of para-hydroxylation sites is 1. The predicted octanol–water partition coefficient (Wildman–Crippen LogP) is 12.1. The summed E-state index contributed by atoms with van der Waals surface area (Å²) in [6.07, 6.45) is 3.02.